The normalized spacial score (nSPS) is 28.0. The van der Waals surface area contributed by atoms with Gasteiger partial charge in [-0.3, -0.25) is 9.78 Å². The van der Waals surface area contributed by atoms with E-state index in [1.54, 1.807) is 4.90 Å². The van der Waals surface area contributed by atoms with Crippen LogP contribution in [-0.4, -0.2) is 51.2 Å². The Kier molecular flexibility index (Phi) is 4.40. The fraction of sp³-hybridized carbons (Fsp3) is 0.526. The number of aryl methyl sites for hydroxylation is 2. The molecule has 3 heterocycles. The molecule has 2 aromatic heterocycles. The molecule has 0 bridgehead atoms. The largest absolute Gasteiger partial charge is 0.486 e. The van der Waals surface area contributed by atoms with Gasteiger partial charge in [0.15, 0.2) is 6.39 Å². The third-order valence-electron chi connectivity index (χ3n) is 5.47. The Balaban J connectivity index is 1.43. The van der Waals surface area contributed by atoms with Crippen LogP contribution in [-0.2, 0) is 0 Å². The molecule has 7 nitrogen and oxygen atoms in total. The van der Waals surface area contributed by atoms with Gasteiger partial charge in [0.25, 0.3) is 5.91 Å². The molecule has 0 aromatic carbocycles. The van der Waals surface area contributed by atoms with Crippen LogP contribution in [0, 0.1) is 25.7 Å². The van der Waals surface area contributed by atoms with Crippen molar-refractivity contribution in [2.24, 2.45) is 11.8 Å². The molecule has 0 unspecified atom stereocenters. The first-order chi connectivity index (χ1) is 12.5. The van der Waals surface area contributed by atoms with Crippen LogP contribution in [0.15, 0.2) is 29.1 Å². The van der Waals surface area contributed by atoms with Crippen LogP contribution < -0.4 is 4.74 Å². The Morgan fingerprint density at radius 3 is 2.73 bits per heavy atom. The third kappa shape index (κ3) is 3.19. The van der Waals surface area contributed by atoms with Crippen LogP contribution in [0.3, 0.4) is 0 Å². The Morgan fingerprint density at radius 2 is 2.04 bits per heavy atom. The minimum absolute atomic E-state index is 0.137. The summed E-state index contributed by atoms with van der Waals surface area (Å²) in [4.78, 5) is 22.5. The first-order valence-corrected chi connectivity index (χ1v) is 8.98. The Bertz CT molecular complexity index is 792. The molecule has 26 heavy (non-hydrogen) atoms. The average Bonchev–Trinajstić information content (AvgIpc) is 3.26. The van der Waals surface area contributed by atoms with Gasteiger partial charge in [0.1, 0.15) is 11.9 Å². The fourth-order valence-corrected chi connectivity index (χ4v) is 4.12. The topological polar surface area (TPSA) is 88.7 Å². The van der Waals surface area contributed by atoms with Gasteiger partial charge in [-0.15, -0.1) is 0 Å². The summed E-state index contributed by atoms with van der Waals surface area (Å²) in [7, 11) is 0. The lowest BCUT2D eigenvalue weighted by molar-refractivity contribution is -0.0236. The molecule has 1 saturated heterocycles. The van der Waals surface area contributed by atoms with Gasteiger partial charge in [0, 0.05) is 18.8 Å². The zero-order valence-electron chi connectivity index (χ0n) is 15.0. The summed E-state index contributed by atoms with van der Waals surface area (Å²) in [6.07, 6.45) is 3.24. The maximum Gasteiger partial charge on any atom is 0.291 e. The van der Waals surface area contributed by atoms with Crippen LogP contribution in [0.25, 0.3) is 0 Å². The number of pyridine rings is 1. The second-order valence-electron chi connectivity index (χ2n) is 7.33. The number of amides is 1. The van der Waals surface area contributed by atoms with E-state index in [2.05, 4.69) is 9.97 Å². The average molecular weight is 357 g/mol. The van der Waals surface area contributed by atoms with Crippen molar-refractivity contribution in [3.63, 3.8) is 0 Å². The van der Waals surface area contributed by atoms with E-state index in [-0.39, 0.29) is 23.7 Å². The molecular weight excluding hydrogens is 334 g/mol. The van der Waals surface area contributed by atoms with E-state index >= 15 is 0 Å². The van der Waals surface area contributed by atoms with Crippen molar-refractivity contribution < 1.29 is 19.1 Å². The van der Waals surface area contributed by atoms with Gasteiger partial charge in [-0.2, -0.15) is 0 Å². The number of fused-ring (bicyclic) bond motifs is 1. The number of carbonyl (C=O) groups is 1. The number of hydrogen-bond acceptors (Lipinski definition) is 6. The number of carbonyl (C=O) groups excluding carboxylic acids is 1. The molecule has 0 radical (unpaired) electrons. The summed E-state index contributed by atoms with van der Waals surface area (Å²) < 4.78 is 11.2. The van der Waals surface area contributed by atoms with Gasteiger partial charge >= 0.3 is 0 Å². The van der Waals surface area contributed by atoms with Crippen molar-refractivity contribution in [3.05, 3.63) is 41.9 Å². The van der Waals surface area contributed by atoms with E-state index in [9.17, 15) is 9.90 Å². The van der Waals surface area contributed by atoms with E-state index < -0.39 is 6.10 Å². The van der Waals surface area contributed by atoms with Crippen molar-refractivity contribution in [1.82, 2.24) is 14.9 Å². The number of ether oxygens (including phenoxy) is 1. The van der Waals surface area contributed by atoms with Crippen LogP contribution in [0.4, 0.5) is 0 Å². The quantitative estimate of drug-likeness (QED) is 0.904. The van der Waals surface area contributed by atoms with Crippen LogP contribution >= 0.6 is 0 Å². The number of hydrogen-bond donors (Lipinski definition) is 1. The molecule has 1 aliphatic carbocycles. The lowest BCUT2D eigenvalue weighted by Gasteiger charge is -2.35. The summed E-state index contributed by atoms with van der Waals surface area (Å²) in [6.45, 7) is 5.14. The monoisotopic (exact) mass is 357 g/mol. The molecule has 1 N–H and O–H groups in total. The number of rotatable bonds is 3. The molecule has 1 aliphatic heterocycles. The van der Waals surface area contributed by atoms with Gasteiger partial charge in [-0.05, 0) is 50.7 Å². The highest BCUT2D eigenvalue weighted by atomic mass is 16.5. The van der Waals surface area contributed by atoms with Gasteiger partial charge in [-0.25, -0.2) is 4.98 Å². The minimum atomic E-state index is -0.544. The standard InChI is InChI=1S/C19H23N3O4/c1-11-3-4-16(12(2)21-11)26-17-6-14-9-22(8-13(14)5-15(17)23)19(24)18-7-20-10-25-18/h3-4,7,10,13-15,17,23H,5-6,8-9H2,1-2H3/t13-,14+,15+,17+/m0/s1. The Morgan fingerprint density at radius 1 is 1.27 bits per heavy atom. The van der Waals surface area contributed by atoms with Crippen LogP contribution in [0.1, 0.15) is 34.8 Å². The zero-order chi connectivity index (χ0) is 18.3. The van der Waals surface area contributed by atoms with Gasteiger partial charge in [-0.1, -0.05) is 0 Å². The highest BCUT2D eigenvalue weighted by Crippen LogP contribution is 2.38. The molecule has 2 aliphatic rings. The van der Waals surface area contributed by atoms with Crippen molar-refractivity contribution in [3.8, 4) is 5.75 Å². The molecule has 138 valence electrons. The number of nitrogens with zero attached hydrogens (tertiary/aromatic N) is 3. The second-order valence-corrected chi connectivity index (χ2v) is 7.33. The molecule has 4 atom stereocenters. The van der Waals surface area contributed by atoms with E-state index in [4.69, 9.17) is 9.15 Å². The summed E-state index contributed by atoms with van der Waals surface area (Å²) in [5.41, 5.74) is 1.77. The lowest BCUT2D eigenvalue weighted by Crippen LogP contribution is -2.42. The van der Waals surface area contributed by atoms with Crippen molar-refractivity contribution in [2.75, 3.05) is 13.1 Å². The molecule has 1 amide bonds. The van der Waals surface area contributed by atoms with E-state index in [0.717, 1.165) is 17.8 Å². The van der Waals surface area contributed by atoms with E-state index in [1.165, 1.54) is 12.6 Å². The molecule has 2 aromatic rings. The lowest BCUT2D eigenvalue weighted by atomic mass is 9.78. The number of likely N-dealkylation sites (tertiary alicyclic amines) is 1. The Hall–Kier alpha value is -2.41. The van der Waals surface area contributed by atoms with Crippen molar-refractivity contribution in [2.45, 2.75) is 38.9 Å². The number of aliphatic hydroxyl groups is 1. The van der Waals surface area contributed by atoms with Crippen LogP contribution in [0.5, 0.6) is 5.75 Å². The van der Waals surface area contributed by atoms with Crippen LogP contribution in [0.2, 0.25) is 0 Å². The smallest absolute Gasteiger partial charge is 0.291 e. The highest BCUT2D eigenvalue weighted by Gasteiger charge is 2.44. The Labute approximate surface area is 152 Å². The van der Waals surface area contributed by atoms with Crippen molar-refractivity contribution in [1.29, 1.82) is 0 Å². The minimum Gasteiger partial charge on any atom is -0.486 e. The zero-order valence-corrected chi connectivity index (χ0v) is 15.0. The molecule has 4 rings (SSSR count). The molecule has 2 fully saturated rings. The molecular formula is C19H23N3O4. The maximum atomic E-state index is 12.5. The number of oxazole rings is 1. The highest BCUT2D eigenvalue weighted by molar-refractivity contribution is 5.91. The fourth-order valence-electron chi connectivity index (χ4n) is 4.12. The van der Waals surface area contributed by atoms with Gasteiger partial charge < -0.3 is 19.2 Å². The van der Waals surface area contributed by atoms with E-state index in [0.29, 0.717) is 31.2 Å². The molecule has 0 spiro atoms. The maximum absolute atomic E-state index is 12.5. The number of aliphatic hydroxyl groups excluding tert-OH is 1. The molecule has 7 heteroatoms. The summed E-state index contributed by atoms with van der Waals surface area (Å²) >= 11 is 0. The second kappa shape index (κ2) is 6.72. The first kappa shape index (κ1) is 17.0. The number of aromatic nitrogens is 2. The summed E-state index contributed by atoms with van der Waals surface area (Å²) in [5.74, 6) is 1.44. The van der Waals surface area contributed by atoms with Gasteiger partial charge in [0.05, 0.1) is 18.0 Å². The SMILES string of the molecule is Cc1ccc(O[C@@H]2C[C@@H]3CN(C(=O)c4cnco4)C[C@@H]3C[C@H]2O)c(C)n1. The summed E-state index contributed by atoms with van der Waals surface area (Å²) in [6, 6.07) is 3.82. The van der Waals surface area contributed by atoms with E-state index in [1.807, 2.05) is 26.0 Å². The third-order valence-corrected chi connectivity index (χ3v) is 5.47. The predicted octanol–water partition coefficient (Wildman–Crippen LogP) is 1.98. The predicted molar refractivity (Wildman–Crippen MR) is 92.8 cm³/mol. The first-order valence-electron chi connectivity index (χ1n) is 8.98. The summed E-state index contributed by atoms with van der Waals surface area (Å²) in [5, 5.41) is 10.6. The molecule has 1 saturated carbocycles. The van der Waals surface area contributed by atoms with Gasteiger partial charge in [0.2, 0.25) is 5.76 Å². The van der Waals surface area contributed by atoms with Crippen molar-refractivity contribution >= 4 is 5.91 Å².